The van der Waals surface area contributed by atoms with Gasteiger partial charge in [-0.1, -0.05) is 36.9 Å². The van der Waals surface area contributed by atoms with E-state index < -0.39 is 0 Å². The van der Waals surface area contributed by atoms with E-state index in [4.69, 9.17) is 90.8 Å². The number of azide groups is 2. The molecule has 22 nitrogen and oxygen atoms in total. The molecule has 23 heteroatoms. The lowest BCUT2D eigenvalue weighted by Gasteiger charge is -2.06. The van der Waals surface area contributed by atoms with E-state index in [1.54, 1.807) is 0 Å². The lowest BCUT2D eigenvalue weighted by Crippen LogP contribution is -2.12. The van der Waals surface area contributed by atoms with Gasteiger partial charge in [0.2, 0.25) is 0 Å². The molecule has 0 heterocycles. The number of nitrogens with zero attached hydrogens (tertiary/aromatic N) is 6. The molecule has 0 aromatic heterocycles. The first-order valence-corrected chi connectivity index (χ1v) is 23.4. The zero-order valence-electron chi connectivity index (χ0n) is 40.6. The number of ether oxygens (including phenoxy) is 12. The fourth-order valence-electron chi connectivity index (χ4n) is 3.97. The summed E-state index contributed by atoms with van der Waals surface area (Å²) in [6, 6.07) is 0. The number of hydrogen-bond donors (Lipinski definition) is 4. The molecule has 0 unspecified atom stereocenters. The van der Waals surface area contributed by atoms with Crippen LogP contribution in [0.25, 0.3) is 20.9 Å². The largest absolute Gasteiger partial charge is 0.379 e. The van der Waals surface area contributed by atoms with Gasteiger partial charge in [0.15, 0.2) is 0 Å². The molecule has 0 saturated carbocycles. The Balaban J connectivity index is -0.000000245. The predicted molar refractivity (Wildman–Crippen MR) is 259 cm³/mol. The summed E-state index contributed by atoms with van der Waals surface area (Å²) in [6.45, 7) is 23.5. The standard InChI is InChI=1S/C11H23N3O3.C11H25NO3.C10H22N4O3.C10H24N2O3.ClH/c1-2-3-6-15-8-10-17-11-9-16-7-4-5-13-14-12;1-2-3-6-13-8-10-15-11-9-14-7-4-5-12;11-3-1-5-15-7-9-17-10-8-16-6-2-4-13-14-12;11-3-1-5-13-7-9-15-10-8-14-6-2-4-12;/h2-11H2,1H3;2-12H2,1H3;1-11H2;1-12H2;1H. The summed E-state index contributed by atoms with van der Waals surface area (Å²) < 4.78 is 63.4. The van der Waals surface area contributed by atoms with E-state index in [-0.39, 0.29) is 12.4 Å². The number of unbranched alkanes of at least 4 members (excludes halogenated alkanes) is 2. The highest BCUT2D eigenvalue weighted by Gasteiger charge is 1.95. The van der Waals surface area contributed by atoms with Crippen LogP contribution in [0.5, 0.6) is 0 Å². The second-order valence-corrected chi connectivity index (χ2v) is 13.2. The molecular weight excluding hydrogens is 872 g/mol. The first kappa shape index (κ1) is 72.3. The van der Waals surface area contributed by atoms with Gasteiger partial charge in [-0.05, 0) is 88.6 Å². The van der Waals surface area contributed by atoms with Crippen molar-refractivity contribution in [1.29, 1.82) is 0 Å². The average molecular weight is 968 g/mol. The first-order valence-electron chi connectivity index (χ1n) is 23.4. The molecule has 0 aliphatic carbocycles. The van der Waals surface area contributed by atoms with Gasteiger partial charge in [0.25, 0.3) is 0 Å². The van der Waals surface area contributed by atoms with Crippen LogP contribution in [0.15, 0.2) is 10.2 Å². The third-order valence-corrected chi connectivity index (χ3v) is 7.45. The van der Waals surface area contributed by atoms with E-state index in [0.29, 0.717) is 178 Å². The molecule has 0 atom stereocenters. The van der Waals surface area contributed by atoms with Gasteiger partial charge >= 0.3 is 0 Å². The summed E-state index contributed by atoms with van der Waals surface area (Å²) in [5.74, 6) is 0. The van der Waals surface area contributed by atoms with Gasteiger partial charge in [0.1, 0.15) is 0 Å². The summed E-state index contributed by atoms with van der Waals surface area (Å²) in [7, 11) is 0. The van der Waals surface area contributed by atoms with Crippen molar-refractivity contribution in [3.05, 3.63) is 20.9 Å². The topological polar surface area (TPSA) is 312 Å². The monoisotopic (exact) mass is 967 g/mol. The maximum absolute atomic E-state index is 8.03. The third kappa shape index (κ3) is 89.5. The maximum atomic E-state index is 8.03. The van der Waals surface area contributed by atoms with E-state index >= 15 is 0 Å². The molecular formula is C42H95ClN10O12. The Morgan fingerprint density at radius 1 is 0.292 bits per heavy atom. The summed E-state index contributed by atoms with van der Waals surface area (Å²) in [5, 5.41) is 6.81. The molecule has 0 spiro atoms. The molecule has 0 fully saturated rings. The van der Waals surface area contributed by atoms with Crippen molar-refractivity contribution < 1.29 is 56.8 Å². The van der Waals surface area contributed by atoms with Crippen molar-refractivity contribution in [3.8, 4) is 0 Å². The van der Waals surface area contributed by atoms with Crippen LogP contribution in [0.1, 0.15) is 78.1 Å². The van der Waals surface area contributed by atoms with Gasteiger partial charge in [-0.3, -0.25) is 0 Å². The van der Waals surface area contributed by atoms with Crippen LogP contribution in [0, 0.1) is 0 Å². The van der Waals surface area contributed by atoms with E-state index in [1.807, 2.05) is 0 Å². The lowest BCUT2D eigenvalue weighted by molar-refractivity contribution is 0.0139. The van der Waals surface area contributed by atoms with Crippen LogP contribution in [0.4, 0.5) is 0 Å². The Bertz CT molecular complexity index is 805. The van der Waals surface area contributed by atoms with Gasteiger partial charge in [-0.2, -0.15) is 0 Å². The Morgan fingerprint density at radius 2 is 0.462 bits per heavy atom. The van der Waals surface area contributed by atoms with Crippen LogP contribution >= 0.6 is 12.4 Å². The summed E-state index contributed by atoms with van der Waals surface area (Å²) in [4.78, 5) is 5.30. The first-order chi connectivity index (χ1) is 31.7. The van der Waals surface area contributed by atoms with Crippen LogP contribution in [0.2, 0.25) is 0 Å². The van der Waals surface area contributed by atoms with Crippen molar-refractivity contribution in [3.63, 3.8) is 0 Å². The Hall–Kier alpha value is -1.73. The van der Waals surface area contributed by atoms with Gasteiger partial charge in [-0.15, -0.1) is 12.4 Å². The smallest absolute Gasteiger partial charge is 0.0701 e. The Kier molecular flexibility index (Phi) is 88.2. The molecule has 8 N–H and O–H groups in total. The number of hydrogen-bond acceptors (Lipinski definition) is 18. The predicted octanol–water partition coefficient (Wildman–Crippen LogP) is 4.96. The minimum Gasteiger partial charge on any atom is -0.379 e. The fraction of sp³-hybridized carbons (Fsp3) is 1.00. The second kappa shape index (κ2) is 79.4. The third-order valence-electron chi connectivity index (χ3n) is 7.45. The Morgan fingerprint density at radius 3 is 0.631 bits per heavy atom. The van der Waals surface area contributed by atoms with Crippen LogP contribution in [0.3, 0.4) is 0 Å². The highest BCUT2D eigenvalue weighted by atomic mass is 35.5. The normalized spacial score (nSPS) is 10.3. The molecule has 0 aliphatic rings. The molecule has 0 bridgehead atoms. The lowest BCUT2D eigenvalue weighted by atomic mass is 10.4. The number of rotatable bonds is 50. The number of nitrogens with two attached hydrogens (primary N) is 4. The quantitative estimate of drug-likeness (QED) is 0.0271. The van der Waals surface area contributed by atoms with Crippen molar-refractivity contribution >= 4 is 12.4 Å². The van der Waals surface area contributed by atoms with Crippen molar-refractivity contribution in [2.24, 2.45) is 33.2 Å². The molecule has 65 heavy (non-hydrogen) atoms. The van der Waals surface area contributed by atoms with E-state index in [0.717, 1.165) is 77.6 Å². The maximum Gasteiger partial charge on any atom is 0.0701 e. The molecule has 0 amide bonds. The van der Waals surface area contributed by atoms with Gasteiger partial charge in [0.05, 0.1) is 106 Å². The van der Waals surface area contributed by atoms with Crippen LogP contribution in [-0.2, 0) is 56.8 Å². The average Bonchev–Trinajstić information content (AvgIpc) is 3.31. The Labute approximate surface area is 398 Å². The summed E-state index contributed by atoms with van der Waals surface area (Å²) >= 11 is 0. The number of halogens is 1. The van der Waals surface area contributed by atoms with Crippen molar-refractivity contribution in [2.45, 2.75) is 78.1 Å². The zero-order valence-corrected chi connectivity index (χ0v) is 41.4. The van der Waals surface area contributed by atoms with Crippen molar-refractivity contribution in [1.82, 2.24) is 0 Å². The van der Waals surface area contributed by atoms with Crippen LogP contribution in [-0.4, -0.2) is 198 Å². The molecule has 0 rings (SSSR count). The molecule has 0 aromatic carbocycles. The fourth-order valence-corrected chi connectivity index (χ4v) is 3.97. The second-order valence-electron chi connectivity index (χ2n) is 13.2. The molecule has 0 radical (unpaired) electrons. The van der Waals surface area contributed by atoms with E-state index in [1.165, 1.54) is 6.42 Å². The van der Waals surface area contributed by atoms with E-state index in [9.17, 15) is 0 Å². The molecule has 0 saturated heterocycles. The minimum absolute atomic E-state index is 0. The molecule has 0 aromatic rings. The van der Waals surface area contributed by atoms with E-state index in [2.05, 4.69) is 33.9 Å². The molecule has 0 aliphatic heterocycles. The van der Waals surface area contributed by atoms with Crippen molar-refractivity contribution in [2.75, 3.05) is 198 Å². The highest BCUT2D eigenvalue weighted by Crippen LogP contribution is 1.91. The van der Waals surface area contributed by atoms with Crippen LogP contribution < -0.4 is 22.9 Å². The SMILES string of the molecule is CCCCOCCOCCOCCCN.CCCCOCCOCCOCCCN=[N+]=[N-].Cl.NCCCOCCOCCOCCCN.[N-]=[N+]=NCCCOCCOCCOCCCN. The minimum atomic E-state index is 0. The highest BCUT2D eigenvalue weighted by molar-refractivity contribution is 5.85. The van der Waals surface area contributed by atoms with Gasteiger partial charge in [-0.25, -0.2) is 0 Å². The summed E-state index contributed by atoms with van der Waals surface area (Å²) in [6.07, 6.45) is 9.67. The zero-order chi connectivity index (χ0) is 47.6. The van der Waals surface area contributed by atoms with Gasteiger partial charge < -0.3 is 79.8 Å². The molecule has 392 valence electrons. The van der Waals surface area contributed by atoms with Gasteiger partial charge in [0, 0.05) is 75.8 Å². The summed E-state index contributed by atoms with van der Waals surface area (Å²) in [5.41, 5.74) is 37.3.